The largest absolute Gasteiger partial charge is 0.492 e. The zero-order valence-electron chi connectivity index (χ0n) is 21.6. The Morgan fingerprint density at radius 1 is 1.13 bits per heavy atom. The number of anilines is 1. The van der Waals surface area contributed by atoms with E-state index in [9.17, 15) is 9.59 Å². The molecule has 1 aliphatic heterocycles. The fourth-order valence-electron chi connectivity index (χ4n) is 4.17. The quantitative estimate of drug-likeness (QED) is 0.300. The van der Waals surface area contributed by atoms with Crippen molar-refractivity contribution in [3.63, 3.8) is 0 Å². The van der Waals surface area contributed by atoms with Crippen molar-refractivity contribution in [2.24, 2.45) is 0 Å². The van der Waals surface area contributed by atoms with Crippen LogP contribution in [0.3, 0.4) is 0 Å². The number of piperazine rings is 1. The predicted octanol–water partition coefficient (Wildman–Crippen LogP) is 2.82. The number of nitrogens with zero attached hydrogens (tertiary/aromatic N) is 6. The minimum Gasteiger partial charge on any atom is -0.492 e. The maximum Gasteiger partial charge on any atom is 0.317 e. The first-order valence-electron chi connectivity index (χ1n) is 12.7. The van der Waals surface area contributed by atoms with Crippen molar-refractivity contribution < 1.29 is 14.3 Å². The third-order valence-corrected chi connectivity index (χ3v) is 6.32. The molecule has 0 saturated carbocycles. The van der Waals surface area contributed by atoms with Gasteiger partial charge in [0.25, 0.3) is 0 Å². The summed E-state index contributed by atoms with van der Waals surface area (Å²) in [6, 6.07) is 8.99. The molecule has 3 aromatic rings. The molecule has 0 spiro atoms. The van der Waals surface area contributed by atoms with Crippen molar-refractivity contribution in [1.82, 2.24) is 35.1 Å². The van der Waals surface area contributed by atoms with Gasteiger partial charge in [0.2, 0.25) is 11.9 Å². The summed E-state index contributed by atoms with van der Waals surface area (Å²) < 4.78 is 7.38. The lowest BCUT2D eigenvalue weighted by Gasteiger charge is -2.42. The van der Waals surface area contributed by atoms with E-state index < -0.39 is 0 Å². The van der Waals surface area contributed by atoms with E-state index in [1.54, 1.807) is 34.3 Å². The van der Waals surface area contributed by atoms with Crippen molar-refractivity contribution >= 4 is 29.4 Å². The number of hydrogen-bond donors (Lipinski definition) is 2. The van der Waals surface area contributed by atoms with E-state index in [1.807, 2.05) is 43.0 Å². The summed E-state index contributed by atoms with van der Waals surface area (Å²) in [5.74, 6) is 1.58. The van der Waals surface area contributed by atoms with E-state index in [2.05, 4.69) is 25.6 Å². The van der Waals surface area contributed by atoms with Gasteiger partial charge >= 0.3 is 6.03 Å². The average Bonchev–Trinajstić information content (AvgIpc) is 3.46. The van der Waals surface area contributed by atoms with Crippen LogP contribution in [0.25, 0.3) is 5.95 Å². The van der Waals surface area contributed by atoms with E-state index in [0.717, 1.165) is 17.7 Å². The van der Waals surface area contributed by atoms with E-state index in [-0.39, 0.29) is 29.6 Å². The summed E-state index contributed by atoms with van der Waals surface area (Å²) in [7, 11) is 0. The Bertz CT molecular complexity index is 1210. The zero-order valence-corrected chi connectivity index (χ0v) is 22.4. The van der Waals surface area contributed by atoms with Gasteiger partial charge in [0, 0.05) is 51.1 Å². The number of imidazole rings is 1. The van der Waals surface area contributed by atoms with E-state index in [0.29, 0.717) is 51.1 Å². The van der Waals surface area contributed by atoms with Crippen LogP contribution < -0.4 is 20.3 Å². The van der Waals surface area contributed by atoms with Crippen molar-refractivity contribution in [2.45, 2.75) is 32.7 Å². The Balaban J connectivity index is 1.43. The first-order valence-corrected chi connectivity index (χ1v) is 13.1. The first-order chi connectivity index (χ1) is 18.4. The van der Waals surface area contributed by atoms with Gasteiger partial charge in [-0.1, -0.05) is 36.2 Å². The Kier molecular flexibility index (Phi) is 9.36. The normalized spacial score (nSPS) is 15.3. The van der Waals surface area contributed by atoms with Gasteiger partial charge in [-0.3, -0.25) is 9.36 Å². The molecule has 1 aromatic carbocycles. The fourth-order valence-corrected chi connectivity index (χ4v) is 4.35. The van der Waals surface area contributed by atoms with Gasteiger partial charge in [-0.2, -0.15) is 4.98 Å². The number of amides is 3. The number of carbonyl (C=O) groups excluding carboxylic acids is 2. The molecule has 38 heavy (non-hydrogen) atoms. The minimum atomic E-state index is -0.309. The molecule has 11 nitrogen and oxygen atoms in total. The topological polar surface area (TPSA) is 118 Å². The SMILES string of the molecule is CCCNC(=O)N1CCN(c2cc(Cl)nc(-n3ccnc3)n2)C(CC(=O)NCCOc2ccc(C)cc2)C1. The van der Waals surface area contributed by atoms with Crippen LogP contribution in [0, 0.1) is 6.92 Å². The van der Waals surface area contributed by atoms with Crippen molar-refractivity contribution in [2.75, 3.05) is 44.2 Å². The Labute approximate surface area is 227 Å². The summed E-state index contributed by atoms with van der Waals surface area (Å²) in [4.78, 5) is 42.4. The molecule has 2 N–H and O–H groups in total. The second-order valence-corrected chi connectivity index (χ2v) is 9.45. The highest BCUT2D eigenvalue weighted by Crippen LogP contribution is 2.24. The molecule has 3 amide bonds. The van der Waals surface area contributed by atoms with Crippen LogP contribution in [0.1, 0.15) is 25.3 Å². The number of aromatic nitrogens is 4. The maximum absolute atomic E-state index is 12.9. The van der Waals surface area contributed by atoms with E-state index >= 15 is 0 Å². The van der Waals surface area contributed by atoms with Gasteiger partial charge in [0.1, 0.15) is 29.7 Å². The lowest BCUT2D eigenvalue weighted by Crippen LogP contribution is -2.58. The van der Waals surface area contributed by atoms with Crippen molar-refractivity contribution in [3.05, 3.63) is 59.8 Å². The third kappa shape index (κ3) is 7.34. The number of urea groups is 1. The van der Waals surface area contributed by atoms with E-state index in [1.165, 1.54) is 0 Å². The Morgan fingerprint density at radius 3 is 2.68 bits per heavy atom. The minimum absolute atomic E-state index is 0.136. The van der Waals surface area contributed by atoms with E-state index in [4.69, 9.17) is 16.3 Å². The standard InChI is InChI=1S/C26H33ClN8O3/c1-3-8-30-26(37)33-12-13-35(23-16-22(27)31-25(32-23)34-11-9-28-18-34)20(17-33)15-24(36)29-10-14-38-21-6-4-19(2)5-7-21/h4-7,9,11,16,18,20H,3,8,10,12-15,17H2,1-2H3,(H,29,36)(H,30,37). The number of hydrogen-bond acceptors (Lipinski definition) is 7. The highest BCUT2D eigenvalue weighted by Gasteiger charge is 2.32. The summed E-state index contributed by atoms with van der Waals surface area (Å²) in [6.45, 7) is 6.68. The Hall–Kier alpha value is -3.86. The number of carbonyl (C=O) groups is 2. The van der Waals surface area contributed by atoms with Crippen LogP contribution in [0.15, 0.2) is 49.1 Å². The molecule has 1 fully saturated rings. The van der Waals surface area contributed by atoms with Crippen LogP contribution >= 0.6 is 11.6 Å². The lowest BCUT2D eigenvalue weighted by molar-refractivity contribution is -0.121. The molecule has 1 atom stereocenters. The molecule has 2 aromatic heterocycles. The molecule has 202 valence electrons. The number of aryl methyl sites for hydroxylation is 1. The average molecular weight is 541 g/mol. The smallest absolute Gasteiger partial charge is 0.317 e. The monoisotopic (exact) mass is 540 g/mol. The predicted molar refractivity (Wildman–Crippen MR) is 145 cm³/mol. The van der Waals surface area contributed by atoms with Gasteiger partial charge in [0.05, 0.1) is 12.6 Å². The van der Waals surface area contributed by atoms with Gasteiger partial charge in [-0.15, -0.1) is 0 Å². The number of nitrogens with one attached hydrogen (secondary N) is 2. The highest BCUT2D eigenvalue weighted by atomic mass is 35.5. The molecule has 3 heterocycles. The van der Waals surface area contributed by atoms with Crippen molar-refractivity contribution in [1.29, 1.82) is 0 Å². The molecule has 12 heteroatoms. The number of benzene rings is 1. The molecule has 0 radical (unpaired) electrons. The second kappa shape index (κ2) is 13.1. The zero-order chi connectivity index (χ0) is 26.9. The maximum atomic E-state index is 12.9. The van der Waals surface area contributed by atoms with Crippen LogP contribution in [-0.2, 0) is 4.79 Å². The second-order valence-electron chi connectivity index (χ2n) is 9.06. The summed E-state index contributed by atoms with van der Waals surface area (Å²) >= 11 is 6.34. The summed E-state index contributed by atoms with van der Waals surface area (Å²) in [5.41, 5.74) is 1.15. The van der Waals surface area contributed by atoms with Crippen LogP contribution in [0.4, 0.5) is 10.6 Å². The number of ether oxygens (including phenoxy) is 1. The van der Waals surface area contributed by atoms with Crippen molar-refractivity contribution in [3.8, 4) is 11.7 Å². The first kappa shape index (κ1) is 27.2. The fraction of sp³-hybridized carbons (Fsp3) is 0.423. The van der Waals surface area contributed by atoms with Crippen LogP contribution in [0.2, 0.25) is 5.15 Å². The summed E-state index contributed by atoms with van der Waals surface area (Å²) in [6.07, 6.45) is 5.97. The Morgan fingerprint density at radius 2 is 1.95 bits per heavy atom. The molecule has 0 bridgehead atoms. The summed E-state index contributed by atoms with van der Waals surface area (Å²) in [5, 5.41) is 6.12. The molecule has 0 aliphatic carbocycles. The van der Waals surface area contributed by atoms with Crippen LogP contribution in [-0.4, -0.2) is 81.7 Å². The van der Waals surface area contributed by atoms with Gasteiger partial charge in [-0.05, 0) is 25.5 Å². The lowest BCUT2D eigenvalue weighted by atomic mass is 10.1. The molecule has 1 aliphatic rings. The van der Waals surface area contributed by atoms with Gasteiger partial charge < -0.3 is 25.2 Å². The third-order valence-electron chi connectivity index (χ3n) is 6.13. The van der Waals surface area contributed by atoms with Gasteiger partial charge in [-0.25, -0.2) is 14.8 Å². The van der Waals surface area contributed by atoms with Crippen LogP contribution in [0.5, 0.6) is 5.75 Å². The number of halogens is 1. The molecular formula is C26H33ClN8O3. The number of rotatable bonds is 10. The molecule has 1 unspecified atom stereocenters. The molecular weight excluding hydrogens is 508 g/mol. The molecule has 1 saturated heterocycles. The highest BCUT2D eigenvalue weighted by molar-refractivity contribution is 6.29. The molecule has 4 rings (SSSR count). The van der Waals surface area contributed by atoms with Gasteiger partial charge in [0.15, 0.2) is 0 Å².